The summed E-state index contributed by atoms with van der Waals surface area (Å²) >= 11 is 0. The van der Waals surface area contributed by atoms with Gasteiger partial charge in [-0.25, -0.2) is 13.2 Å². The molecule has 2 aliphatic rings. The van der Waals surface area contributed by atoms with E-state index < -0.39 is 22.1 Å². The topological polar surface area (TPSA) is 87.5 Å². The van der Waals surface area contributed by atoms with E-state index in [9.17, 15) is 13.2 Å². The highest BCUT2D eigenvalue weighted by Crippen LogP contribution is 2.53. The first-order chi connectivity index (χ1) is 12.5. The highest BCUT2D eigenvalue weighted by Gasteiger charge is 2.53. The molecule has 1 heterocycles. The summed E-state index contributed by atoms with van der Waals surface area (Å²) in [4.78, 5) is 12.2. The fourth-order valence-electron chi connectivity index (χ4n) is 4.86. The average Bonchev–Trinajstić information content (AvgIpc) is 2.84. The van der Waals surface area contributed by atoms with Crippen molar-refractivity contribution in [3.63, 3.8) is 0 Å². The molecule has 1 saturated carbocycles. The van der Waals surface area contributed by atoms with E-state index >= 15 is 0 Å². The van der Waals surface area contributed by atoms with Crippen LogP contribution in [0.15, 0.2) is 29.2 Å². The zero-order chi connectivity index (χ0) is 20.0. The number of esters is 1. The van der Waals surface area contributed by atoms with Crippen LogP contribution in [0, 0.1) is 22.2 Å². The molecular formula is C20H26N2O4S. The van der Waals surface area contributed by atoms with Gasteiger partial charge >= 0.3 is 5.97 Å². The number of benzene rings is 1. The van der Waals surface area contributed by atoms with Crippen LogP contribution in [0.1, 0.15) is 57.3 Å². The third-order valence-corrected chi connectivity index (χ3v) is 7.40. The van der Waals surface area contributed by atoms with Gasteiger partial charge in [-0.15, -0.1) is 0 Å². The minimum atomic E-state index is -3.71. The molecule has 3 unspecified atom stereocenters. The molecule has 146 valence electrons. The summed E-state index contributed by atoms with van der Waals surface area (Å²) in [7, 11) is -3.71. The maximum atomic E-state index is 13.3. The fraction of sp³-hybridized carbons (Fsp3) is 0.600. The fourth-order valence-corrected chi connectivity index (χ4v) is 6.68. The summed E-state index contributed by atoms with van der Waals surface area (Å²) in [6.45, 7) is 8.52. The molecule has 2 fully saturated rings. The third kappa shape index (κ3) is 3.87. The minimum absolute atomic E-state index is 0.0156. The summed E-state index contributed by atoms with van der Waals surface area (Å²) in [5.74, 6) is -0.700. The summed E-state index contributed by atoms with van der Waals surface area (Å²) in [5.41, 5.74) is 0.228. The molecule has 2 bridgehead atoms. The number of hydrogen-bond acceptors (Lipinski definition) is 5. The molecule has 0 amide bonds. The second kappa shape index (κ2) is 6.61. The molecule has 7 heteroatoms. The van der Waals surface area contributed by atoms with Crippen molar-refractivity contribution < 1.29 is 17.9 Å². The van der Waals surface area contributed by atoms with E-state index in [0.717, 1.165) is 19.3 Å². The molecule has 0 spiro atoms. The normalized spacial score (nSPS) is 28.3. The monoisotopic (exact) mass is 390 g/mol. The number of carbonyl (C=O) groups is 1. The van der Waals surface area contributed by atoms with Gasteiger partial charge in [0.2, 0.25) is 10.0 Å². The third-order valence-electron chi connectivity index (χ3n) is 5.51. The Morgan fingerprint density at radius 1 is 1.33 bits per heavy atom. The maximum Gasteiger partial charge on any atom is 0.339 e. The van der Waals surface area contributed by atoms with Gasteiger partial charge < -0.3 is 4.74 Å². The Morgan fingerprint density at radius 3 is 2.70 bits per heavy atom. The van der Waals surface area contributed by atoms with Crippen molar-refractivity contribution >= 4 is 16.0 Å². The molecule has 6 nitrogen and oxygen atoms in total. The van der Waals surface area contributed by atoms with E-state index in [0.29, 0.717) is 6.54 Å². The Hall–Kier alpha value is -1.91. The zero-order valence-corrected chi connectivity index (χ0v) is 17.0. The number of carbonyl (C=O) groups excluding carboxylic acids is 1. The van der Waals surface area contributed by atoms with Gasteiger partial charge in [-0.1, -0.05) is 26.8 Å². The lowest BCUT2D eigenvalue weighted by molar-refractivity contribution is 0.0435. The van der Waals surface area contributed by atoms with Crippen molar-refractivity contribution in [1.29, 1.82) is 5.26 Å². The largest absolute Gasteiger partial charge is 0.444 e. The van der Waals surface area contributed by atoms with Gasteiger partial charge in [0, 0.05) is 12.6 Å². The first-order valence-corrected chi connectivity index (χ1v) is 10.6. The second-order valence-electron chi connectivity index (χ2n) is 8.97. The van der Waals surface area contributed by atoms with Crippen LogP contribution in [0.3, 0.4) is 0 Å². The minimum Gasteiger partial charge on any atom is -0.444 e. The highest BCUT2D eigenvalue weighted by molar-refractivity contribution is 7.89. The Bertz CT molecular complexity index is 903. The number of ether oxygens (including phenoxy) is 1. The zero-order valence-electron chi connectivity index (χ0n) is 16.2. The molecule has 1 saturated heterocycles. The van der Waals surface area contributed by atoms with Crippen molar-refractivity contribution in [2.45, 2.75) is 64.0 Å². The molecule has 3 atom stereocenters. The van der Waals surface area contributed by atoms with E-state index in [2.05, 4.69) is 20.8 Å². The number of nitriles is 1. The van der Waals surface area contributed by atoms with Crippen LogP contribution in [0.25, 0.3) is 0 Å². The van der Waals surface area contributed by atoms with Gasteiger partial charge in [-0.2, -0.15) is 9.57 Å². The van der Waals surface area contributed by atoms with Crippen LogP contribution in [-0.2, 0) is 14.8 Å². The van der Waals surface area contributed by atoms with Gasteiger partial charge in [0.15, 0.2) is 6.10 Å². The van der Waals surface area contributed by atoms with Crippen LogP contribution < -0.4 is 0 Å². The average molecular weight is 391 g/mol. The van der Waals surface area contributed by atoms with E-state index in [4.69, 9.17) is 10.00 Å². The molecule has 27 heavy (non-hydrogen) atoms. The molecule has 1 aliphatic carbocycles. The first kappa shape index (κ1) is 19.8. The van der Waals surface area contributed by atoms with Gasteiger partial charge in [0.1, 0.15) is 6.07 Å². The standard InChI is InChI=1S/C20H26N2O4S/c1-14(11-21)26-18(23)15-6-5-7-17(8-15)27(24,25)22-13-20(4)10-16(22)9-19(2,3)12-20/h5-8,14,16H,9-10,12-13H2,1-4H3. The van der Waals surface area contributed by atoms with E-state index in [1.807, 2.05) is 6.07 Å². The molecular weight excluding hydrogens is 364 g/mol. The van der Waals surface area contributed by atoms with Crippen molar-refractivity contribution in [3.05, 3.63) is 29.8 Å². The highest BCUT2D eigenvalue weighted by atomic mass is 32.2. The van der Waals surface area contributed by atoms with Gasteiger partial charge in [0.25, 0.3) is 0 Å². The van der Waals surface area contributed by atoms with Crippen molar-refractivity contribution in [2.24, 2.45) is 10.8 Å². The lowest BCUT2D eigenvalue weighted by Gasteiger charge is -2.39. The molecule has 1 aromatic rings. The summed E-state index contributed by atoms with van der Waals surface area (Å²) < 4.78 is 33.2. The van der Waals surface area contributed by atoms with Crippen LogP contribution in [0.4, 0.5) is 0 Å². The van der Waals surface area contributed by atoms with Crippen molar-refractivity contribution in [2.75, 3.05) is 6.54 Å². The van der Waals surface area contributed by atoms with Crippen LogP contribution in [0.2, 0.25) is 0 Å². The number of rotatable bonds is 4. The maximum absolute atomic E-state index is 13.3. The van der Waals surface area contributed by atoms with E-state index in [-0.39, 0.29) is 27.3 Å². The van der Waals surface area contributed by atoms with Gasteiger partial charge in [-0.3, -0.25) is 0 Å². The smallest absolute Gasteiger partial charge is 0.339 e. The molecule has 1 aromatic carbocycles. The number of sulfonamides is 1. The predicted molar refractivity (Wildman–Crippen MR) is 100 cm³/mol. The lowest BCUT2D eigenvalue weighted by Crippen LogP contribution is -2.37. The Balaban J connectivity index is 1.89. The molecule has 0 N–H and O–H groups in total. The van der Waals surface area contributed by atoms with Crippen LogP contribution >= 0.6 is 0 Å². The van der Waals surface area contributed by atoms with Crippen molar-refractivity contribution in [1.82, 2.24) is 4.31 Å². The SMILES string of the molecule is CC(C#N)OC(=O)c1cccc(S(=O)(=O)N2CC3(C)CC2CC(C)(C)C3)c1. The molecule has 0 radical (unpaired) electrons. The molecule has 0 aromatic heterocycles. The summed E-state index contributed by atoms with van der Waals surface area (Å²) in [6, 6.07) is 7.70. The predicted octanol–water partition coefficient (Wildman–Crippen LogP) is 3.34. The Labute approximate surface area is 161 Å². The number of nitrogens with zero attached hydrogens (tertiary/aromatic N) is 2. The summed E-state index contributed by atoms with van der Waals surface area (Å²) in [5, 5.41) is 8.78. The number of fused-ring (bicyclic) bond motifs is 2. The molecule has 3 rings (SSSR count). The Kier molecular flexibility index (Phi) is 4.86. The second-order valence-corrected chi connectivity index (χ2v) is 10.9. The Morgan fingerprint density at radius 2 is 2.04 bits per heavy atom. The lowest BCUT2D eigenvalue weighted by atomic mass is 9.65. The van der Waals surface area contributed by atoms with Crippen molar-refractivity contribution in [3.8, 4) is 6.07 Å². The van der Waals surface area contributed by atoms with E-state index in [1.165, 1.54) is 31.2 Å². The molecule has 1 aliphatic heterocycles. The van der Waals surface area contributed by atoms with Crippen LogP contribution in [0.5, 0.6) is 0 Å². The number of hydrogen-bond donors (Lipinski definition) is 0. The van der Waals surface area contributed by atoms with Gasteiger partial charge in [-0.05, 0) is 55.2 Å². The first-order valence-electron chi connectivity index (χ1n) is 9.18. The van der Waals surface area contributed by atoms with Gasteiger partial charge in [0.05, 0.1) is 10.5 Å². The van der Waals surface area contributed by atoms with Crippen LogP contribution in [-0.4, -0.2) is 37.4 Å². The van der Waals surface area contributed by atoms with E-state index in [1.54, 1.807) is 4.31 Å². The quantitative estimate of drug-likeness (QED) is 0.736. The summed E-state index contributed by atoms with van der Waals surface area (Å²) in [6.07, 6.45) is 1.82.